The molecule has 7 heteroatoms. The molecule has 0 spiro atoms. The number of nitrogens with one attached hydrogen (secondary N) is 1. The van der Waals surface area contributed by atoms with Gasteiger partial charge in [-0.3, -0.25) is 13.5 Å². The van der Waals surface area contributed by atoms with Crippen LogP contribution in [0.4, 0.5) is 5.69 Å². The van der Waals surface area contributed by atoms with Gasteiger partial charge in [0.15, 0.2) is 0 Å². The van der Waals surface area contributed by atoms with Gasteiger partial charge in [-0.2, -0.15) is 0 Å². The quantitative estimate of drug-likeness (QED) is 0.798. The van der Waals surface area contributed by atoms with Gasteiger partial charge in [0.1, 0.15) is 0 Å². The highest BCUT2D eigenvalue weighted by molar-refractivity contribution is 7.92. The van der Waals surface area contributed by atoms with Crippen molar-refractivity contribution in [3.05, 3.63) is 58.1 Å². The van der Waals surface area contributed by atoms with E-state index in [0.717, 1.165) is 17.0 Å². The second-order valence-electron chi connectivity index (χ2n) is 4.72. The van der Waals surface area contributed by atoms with Crippen LogP contribution in [0.3, 0.4) is 0 Å². The number of anilines is 1. The number of aryl methyl sites for hydroxylation is 1. The molecule has 0 amide bonds. The van der Waals surface area contributed by atoms with Gasteiger partial charge >= 0.3 is 0 Å². The van der Waals surface area contributed by atoms with Crippen molar-refractivity contribution in [1.29, 1.82) is 0 Å². The van der Waals surface area contributed by atoms with Crippen molar-refractivity contribution in [3.8, 4) is 0 Å². The van der Waals surface area contributed by atoms with E-state index in [9.17, 15) is 13.2 Å². The van der Waals surface area contributed by atoms with Crippen LogP contribution in [0.1, 0.15) is 6.92 Å². The summed E-state index contributed by atoms with van der Waals surface area (Å²) in [6, 6.07) is 13.1. The molecule has 114 valence electrons. The first-order valence-corrected chi connectivity index (χ1v) is 8.98. The molecule has 3 aromatic rings. The van der Waals surface area contributed by atoms with Gasteiger partial charge in [-0.15, -0.1) is 0 Å². The first kappa shape index (κ1) is 14.8. The third kappa shape index (κ3) is 2.65. The van der Waals surface area contributed by atoms with Crippen LogP contribution in [0.5, 0.6) is 0 Å². The van der Waals surface area contributed by atoms with Gasteiger partial charge in [-0.05, 0) is 48.8 Å². The number of nitrogens with zero attached hydrogens (tertiary/aromatic N) is 1. The molecule has 2 aromatic carbocycles. The van der Waals surface area contributed by atoms with Crippen LogP contribution in [-0.2, 0) is 16.6 Å². The zero-order valence-electron chi connectivity index (χ0n) is 11.8. The molecule has 0 atom stereocenters. The summed E-state index contributed by atoms with van der Waals surface area (Å²) in [5.41, 5.74) is 1.20. The summed E-state index contributed by atoms with van der Waals surface area (Å²) in [7, 11) is -3.65. The molecule has 1 aromatic heterocycles. The summed E-state index contributed by atoms with van der Waals surface area (Å²) in [5.74, 6) is 0. The van der Waals surface area contributed by atoms with Crippen LogP contribution in [0.15, 0.2) is 58.2 Å². The van der Waals surface area contributed by atoms with E-state index in [4.69, 9.17) is 0 Å². The number of benzene rings is 2. The fourth-order valence-electron chi connectivity index (χ4n) is 2.23. The Morgan fingerprint density at radius 2 is 1.86 bits per heavy atom. The number of hydrogen-bond donors (Lipinski definition) is 1. The first-order valence-electron chi connectivity index (χ1n) is 6.73. The standard InChI is InChI=1S/C15H14N2O3S2/c1-2-17-14-9-8-11(10-13(14)15(18)21-17)16-22(19,20)12-6-4-3-5-7-12/h3-10,16H,2H2,1H3. The van der Waals surface area contributed by atoms with Crippen molar-refractivity contribution in [2.24, 2.45) is 0 Å². The van der Waals surface area contributed by atoms with E-state index in [-0.39, 0.29) is 9.64 Å². The molecular formula is C15H14N2O3S2. The van der Waals surface area contributed by atoms with Crippen LogP contribution < -0.4 is 9.46 Å². The molecule has 0 saturated carbocycles. The molecule has 22 heavy (non-hydrogen) atoms. The number of sulfonamides is 1. The van der Waals surface area contributed by atoms with Gasteiger partial charge in [-0.1, -0.05) is 18.2 Å². The van der Waals surface area contributed by atoms with Crippen molar-refractivity contribution in [1.82, 2.24) is 3.96 Å². The molecule has 5 nitrogen and oxygen atoms in total. The Kier molecular flexibility index (Phi) is 3.76. The molecule has 0 bridgehead atoms. The smallest absolute Gasteiger partial charge is 0.261 e. The van der Waals surface area contributed by atoms with Crippen molar-refractivity contribution in [2.75, 3.05) is 4.72 Å². The second kappa shape index (κ2) is 5.58. The Labute approximate surface area is 132 Å². The first-order chi connectivity index (χ1) is 10.5. The normalized spacial score (nSPS) is 11.7. The lowest BCUT2D eigenvalue weighted by Gasteiger charge is -2.08. The molecule has 0 fully saturated rings. The van der Waals surface area contributed by atoms with Crippen LogP contribution >= 0.6 is 11.5 Å². The molecule has 1 heterocycles. The summed E-state index contributed by atoms with van der Waals surface area (Å²) in [6.45, 7) is 2.67. The SMILES string of the molecule is CCn1sc(=O)c2cc(NS(=O)(=O)c3ccccc3)ccc21. The second-order valence-corrected chi connectivity index (χ2v) is 7.40. The minimum absolute atomic E-state index is 0.0717. The summed E-state index contributed by atoms with van der Waals surface area (Å²) in [5, 5.41) is 0.528. The third-order valence-electron chi connectivity index (χ3n) is 3.27. The topological polar surface area (TPSA) is 68.2 Å². The van der Waals surface area contributed by atoms with E-state index < -0.39 is 10.0 Å². The minimum atomic E-state index is -3.65. The molecule has 0 radical (unpaired) electrons. The Hall–Kier alpha value is -2.12. The Balaban J connectivity index is 2.02. The highest BCUT2D eigenvalue weighted by Gasteiger charge is 2.15. The van der Waals surface area contributed by atoms with Crippen LogP contribution in [0, 0.1) is 0 Å². The van der Waals surface area contributed by atoms with Gasteiger partial charge in [-0.25, -0.2) is 8.42 Å². The Morgan fingerprint density at radius 1 is 1.14 bits per heavy atom. The summed E-state index contributed by atoms with van der Waals surface area (Å²) >= 11 is 1.13. The van der Waals surface area contributed by atoms with E-state index in [1.54, 1.807) is 36.4 Å². The number of hydrogen-bond acceptors (Lipinski definition) is 4. The lowest BCUT2D eigenvalue weighted by Crippen LogP contribution is -2.12. The van der Waals surface area contributed by atoms with Crippen molar-refractivity contribution in [3.63, 3.8) is 0 Å². The van der Waals surface area contributed by atoms with E-state index >= 15 is 0 Å². The molecule has 0 aliphatic rings. The van der Waals surface area contributed by atoms with Crippen molar-refractivity contribution in [2.45, 2.75) is 18.4 Å². The van der Waals surface area contributed by atoms with Crippen LogP contribution in [0.2, 0.25) is 0 Å². The van der Waals surface area contributed by atoms with Gasteiger partial charge in [0, 0.05) is 12.2 Å². The van der Waals surface area contributed by atoms with E-state index in [1.165, 1.54) is 12.1 Å². The number of aromatic nitrogens is 1. The Bertz CT molecular complexity index is 973. The molecule has 3 rings (SSSR count). The van der Waals surface area contributed by atoms with Gasteiger partial charge in [0.2, 0.25) is 0 Å². The van der Waals surface area contributed by atoms with Crippen molar-refractivity contribution >= 4 is 38.1 Å². The average molecular weight is 334 g/mol. The molecule has 0 aliphatic heterocycles. The van der Waals surface area contributed by atoms with Gasteiger partial charge in [0.05, 0.1) is 15.8 Å². The maximum absolute atomic E-state index is 12.3. The highest BCUT2D eigenvalue weighted by atomic mass is 32.2. The summed E-state index contributed by atoms with van der Waals surface area (Å²) in [6.07, 6.45) is 0. The monoisotopic (exact) mass is 334 g/mol. The van der Waals surface area contributed by atoms with Crippen LogP contribution in [-0.4, -0.2) is 12.4 Å². The number of rotatable bonds is 4. The molecule has 0 aliphatic carbocycles. The van der Waals surface area contributed by atoms with E-state index in [0.29, 0.717) is 17.6 Å². The predicted molar refractivity (Wildman–Crippen MR) is 89.0 cm³/mol. The van der Waals surface area contributed by atoms with Gasteiger partial charge in [0.25, 0.3) is 14.8 Å². The zero-order valence-corrected chi connectivity index (χ0v) is 13.4. The van der Waals surface area contributed by atoms with Gasteiger partial charge < -0.3 is 0 Å². The highest BCUT2D eigenvalue weighted by Crippen LogP contribution is 2.21. The largest absolute Gasteiger partial charge is 0.294 e. The molecule has 0 saturated heterocycles. The van der Waals surface area contributed by atoms with Crippen LogP contribution in [0.25, 0.3) is 10.9 Å². The minimum Gasteiger partial charge on any atom is -0.294 e. The molecular weight excluding hydrogens is 320 g/mol. The van der Waals surface area contributed by atoms with E-state index in [1.807, 2.05) is 10.9 Å². The van der Waals surface area contributed by atoms with Crippen molar-refractivity contribution < 1.29 is 8.42 Å². The fourth-order valence-corrected chi connectivity index (χ4v) is 4.15. The third-order valence-corrected chi connectivity index (χ3v) is 5.73. The maximum Gasteiger partial charge on any atom is 0.261 e. The molecule has 0 unspecified atom stereocenters. The number of fused-ring (bicyclic) bond motifs is 1. The fraction of sp³-hybridized carbons (Fsp3) is 0.133. The predicted octanol–water partition coefficient (Wildman–Crippen LogP) is 2.88. The van der Waals surface area contributed by atoms with E-state index in [2.05, 4.69) is 4.72 Å². The zero-order chi connectivity index (χ0) is 15.7. The average Bonchev–Trinajstić information content (AvgIpc) is 2.84. The Morgan fingerprint density at radius 3 is 2.55 bits per heavy atom. The lowest BCUT2D eigenvalue weighted by molar-refractivity contribution is 0.601. The summed E-state index contributed by atoms with van der Waals surface area (Å²) in [4.78, 5) is 12.2. The summed E-state index contributed by atoms with van der Waals surface area (Å²) < 4.78 is 28.9. The lowest BCUT2D eigenvalue weighted by atomic mass is 10.2. The maximum atomic E-state index is 12.3. The molecule has 1 N–H and O–H groups in total.